The van der Waals surface area contributed by atoms with Crippen LogP contribution in [0.4, 0.5) is 0 Å². The molecule has 1 aromatic heterocycles. The standard InChI is InChI=1S/C13H13N3O3/c14-6-11-5-9(3-4-15-11)7-16-8-10(13(18)19)1-2-12(16)17/h3-5,10H,1-2,7-8H2,(H,18,19). The SMILES string of the molecule is N#Cc1cc(CN2CC(C(=O)O)CCC2=O)ccn1. The number of hydrogen-bond acceptors (Lipinski definition) is 4. The highest BCUT2D eigenvalue weighted by atomic mass is 16.4. The van der Waals surface area contributed by atoms with Crippen LogP contribution < -0.4 is 0 Å². The number of carboxylic acids is 1. The Kier molecular flexibility index (Phi) is 3.76. The molecule has 1 aliphatic rings. The Labute approximate surface area is 110 Å². The first-order valence-electron chi connectivity index (χ1n) is 5.95. The number of likely N-dealkylation sites (tertiary alicyclic amines) is 1. The molecule has 2 rings (SSSR count). The van der Waals surface area contributed by atoms with E-state index in [1.165, 1.54) is 11.1 Å². The van der Waals surface area contributed by atoms with Gasteiger partial charge in [-0.3, -0.25) is 9.59 Å². The highest BCUT2D eigenvalue weighted by molar-refractivity contribution is 5.80. The predicted octanol–water partition coefficient (Wildman–Crippen LogP) is 0.776. The second-order valence-electron chi connectivity index (χ2n) is 4.51. The van der Waals surface area contributed by atoms with Gasteiger partial charge >= 0.3 is 5.97 Å². The molecule has 0 radical (unpaired) electrons. The van der Waals surface area contributed by atoms with Crippen molar-refractivity contribution in [1.29, 1.82) is 5.26 Å². The van der Waals surface area contributed by atoms with Crippen molar-refractivity contribution < 1.29 is 14.7 Å². The average molecular weight is 259 g/mol. The van der Waals surface area contributed by atoms with Gasteiger partial charge in [0.25, 0.3) is 0 Å². The van der Waals surface area contributed by atoms with Crippen LogP contribution in [0.5, 0.6) is 0 Å². The Bertz CT molecular complexity index is 550. The van der Waals surface area contributed by atoms with E-state index in [2.05, 4.69) is 4.98 Å². The molecule has 0 bridgehead atoms. The molecular weight excluding hydrogens is 246 g/mol. The zero-order valence-electron chi connectivity index (χ0n) is 10.2. The molecule has 0 saturated carbocycles. The van der Waals surface area contributed by atoms with Crippen LogP contribution in [0, 0.1) is 17.2 Å². The summed E-state index contributed by atoms with van der Waals surface area (Å²) in [6, 6.07) is 5.26. The van der Waals surface area contributed by atoms with Gasteiger partial charge < -0.3 is 10.0 Å². The number of nitriles is 1. The normalized spacial score (nSPS) is 19.0. The number of rotatable bonds is 3. The molecule has 1 amide bonds. The number of amides is 1. The molecule has 1 fully saturated rings. The average Bonchev–Trinajstić information content (AvgIpc) is 2.41. The lowest BCUT2D eigenvalue weighted by atomic mass is 9.97. The lowest BCUT2D eigenvalue weighted by molar-refractivity contribution is -0.147. The molecule has 6 heteroatoms. The Morgan fingerprint density at radius 2 is 2.42 bits per heavy atom. The minimum atomic E-state index is -0.870. The van der Waals surface area contributed by atoms with Gasteiger partial charge in [0.1, 0.15) is 11.8 Å². The van der Waals surface area contributed by atoms with E-state index in [0.717, 1.165) is 5.56 Å². The van der Waals surface area contributed by atoms with Gasteiger partial charge in [-0.1, -0.05) is 0 Å². The summed E-state index contributed by atoms with van der Waals surface area (Å²) >= 11 is 0. The minimum Gasteiger partial charge on any atom is -0.481 e. The molecule has 0 aromatic carbocycles. The fourth-order valence-electron chi connectivity index (χ4n) is 2.12. The highest BCUT2D eigenvalue weighted by Gasteiger charge is 2.29. The summed E-state index contributed by atoms with van der Waals surface area (Å²) in [5, 5.41) is 17.8. The van der Waals surface area contributed by atoms with Crippen molar-refractivity contribution in [3.05, 3.63) is 29.6 Å². The second-order valence-corrected chi connectivity index (χ2v) is 4.51. The smallest absolute Gasteiger partial charge is 0.308 e. The number of aliphatic carboxylic acids is 1. The zero-order valence-corrected chi connectivity index (χ0v) is 10.2. The van der Waals surface area contributed by atoms with Gasteiger partial charge in [0.05, 0.1) is 5.92 Å². The fourth-order valence-corrected chi connectivity index (χ4v) is 2.12. The third-order valence-electron chi connectivity index (χ3n) is 3.16. The molecule has 19 heavy (non-hydrogen) atoms. The van der Waals surface area contributed by atoms with Crippen molar-refractivity contribution in [1.82, 2.24) is 9.88 Å². The van der Waals surface area contributed by atoms with Crippen LogP contribution in [0.15, 0.2) is 18.3 Å². The number of carbonyl (C=O) groups excluding carboxylic acids is 1. The topological polar surface area (TPSA) is 94.3 Å². The van der Waals surface area contributed by atoms with Crippen molar-refractivity contribution >= 4 is 11.9 Å². The molecule has 0 aliphatic carbocycles. The van der Waals surface area contributed by atoms with Crippen LogP contribution in [-0.2, 0) is 16.1 Å². The Morgan fingerprint density at radius 3 is 3.11 bits per heavy atom. The van der Waals surface area contributed by atoms with E-state index in [1.807, 2.05) is 6.07 Å². The molecule has 1 aliphatic heterocycles. The van der Waals surface area contributed by atoms with E-state index < -0.39 is 11.9 Å². The maximum absolute atomic E-state index is 11.8. The summed E-state index contributed by atoms with van der Waals surface area (Å²) in [5.74, 6) is -1.42. The van der Waals surface area contributed by atoms with E-state index in [9.17, 15) is 9.59 Å². The number of hydrogen-bond donors (Lipinski definition) is 1. The van der Waals surface area contributed by atoms with Gasteiger partial charge in [-0.2, -0.15) is 5.26 Å². The lowest BCUT2D eigenvalue weighted by Gasteiger charge is -2.30. The van der Waals surface area contributed by atoms with Crippen molar-refractivity contribution in [2.75, 3.05) is 6.54 Å². The van der Waals surface area contributed by atoms with Crippen LogP contribution in [0.1, 0.15) is 24.1 Å². The molecule has 1 atom stereocenters. The van der Waals surface area contributed by atoms with Gasteiger partial charge in [0.2, 0.25) is 5.91 Å². The van der Waals surface area contributed by atoms with Gasteiger partial charge in [0.15, 0.2) is 0 Å². The van der Waals surface area contributed by atoms with Crippen LogP contribution in [0.2, 0.25) is 0 Å². The van der Waals surface area contributed by atoms with E-state index in [-0.39, 0.29) is 24.6 Å². The lowest BCUT2D eigenvalue weighted by Crippen LogP contribution is -2.42. The van der Waals surface area contributed by atoms with Crippen molar-refractivity contribution in [2.24, 2.45) is 5.92 Å². The Morgan fingerprint density at radius 1 is 1.63 bits per heavy atom. The quantitative estimate of drug-likeness (QED) is 0.865. The number of carbonyl (C=O) groups is 2. The fraction of sp³-hybridized carbons (Fsp3) is 0.385. The summed E-state index contributed by atoms with van der Waals surface area (Å²) in [6.45, 7) is 0.540. The van der Waals surface area contributed by atoms with Gasteiger partial charge in [-0.15, -0.1) is 0 Å². The maximum atomic E-state index is 11.8. The first kappa shape index (κ1) is 13.0. The first-order chi connectivity index (χ1) is 9.10. The van der Waals surface area contributed by atoms with Crippen LogP contribution in [-0.4, -0.2) is 33.4 Å². The van der Waals surface area contributed by atoms with Gasteiger partial charge in [0, 0.05) is 25.7 Å². The second kappa shape index (κ2) is 5.48. The largest absolute Gasteiger partial charge is 0.481 e. The third-order valence-corrected chi connectivity index (χ3v) is 3.16. The summed E-state index contributed by atoms with van der Waals surface area (Å²) in [6.07, 6.45) is 2.16. The number of carboxylic acid groups (broad SMARTS) is 1. The summed E-state index contributed by atoms with van der Waals surface area (Å²) in [5.41, 5.74) is 1.07. The van der Waals surface area contributed by atoms with Crippen LogP contribution in [0.3, 0.4) is 0 Å². The van der Waals surface area contributed by atoms with Gasteiger partial charge in [-0.25, -0.2) is 4.98 Å². The molecule has 1 N–H and O–H groups in total. The van der Waals surface area contributed by atoms with Crippen LogP contribution in [0.25, 0.3) is 0 Å². The number of pyridine rings is 1. The minimum absolute atomic E-state index is 0.0483. The number of nitrogens with zero attached hydrogens (tertiary/aromatic N) is 3. The number of piperidine rings is 1. The highest BCUT2D eigenvalue weighted by Crippen LogP contribution is 2.20. The summed E-state index contributed by atoms with van der Waals surface area (Å²) in [7, 11) is 0. The molecule has 0 spiro atoms. The molecule has 6 nitrogen and oxygen atoms in total. The molecule has 1 aromatic rings. The molecule has 2 heterocycles. The predicted molar refractivity (Wildman–Crippen MR) is 64.7 cm³/mol. The summed E-state index contributed by atoms with van der Waals surface area (Å²) in [4.78, 5) is 28.1. The van der Waals surface area contributed by atoms with Gasteiger partial charge in [-0.05, 0) is 24.1 Å². The summed E-state index contributed by atoms with van der Waals surface area (Å²) < 4.78 is 0. The van der Waals surface area contributed by atoms with Crippen molar-refractivity contribution in [2.45, 2.75) is 19.4 Å². The van der Waals surface area contributed by atoms with E-state index in [0.29, 0.717) is 13.0 Å². The third kappa shape index (κ3) is 3.07. The van der Waals surface area contributed by atoms with Crippen molar-refractivity contribution in [3.63, 3.8) is 0 Å². The molecular formula is C13H13N3O3. The van der Waals surface area contributed by atoms with E-state index in [4.69, 9.17) is 10.4 Å². The molecule has 1 saturated heterocycles. The first-order valence-corrected chi connectivity index (χ1v) is 5.95. The maximum Gasteiger partial charge on any atom is 0.308 e. The Hall–Kier alpha value is -2.42. The molecule has 1 unspecified atom stereocenters. The molecule has 98 valence electrons. The zero-order chi connectivity index (χ0) is 13.8. The van der Waals surface area contributed by atoms with Crippen molar-refractivity contribution in [3.8, 4) is 6.07 Å². The van der Waals surface area contributed by atoms with Crippen LogP contribution >= 0.6 is 0 Å². The van der Waals surface area contributed by atoms with E-state index in [1.54, 1.807) is 12.1 Å². The Balaban J connectivity index is 2.10. The number of aromatic nitrogens is 1. The monoisotopic (exact) mass is 259 g/mol. The van der Waals surface area contributed by atoms with E-state index >= 15 is 0 Å².